The Hall–Kier alpha value is -1.66. The quantitative estimate of drug-likeness (QED) is 0.827. The number of hydrogen-bond acceptors (Lipinski definition) is 4. The Morgan fingerprint density at radius 3 is 3.16 bits per heavy atom. The fourth-order valence-electron chi connectivity index (χ4n) is 2.56. The number of aromatic nitrogens is 3. The summed E-state index contributed by atoms with van der Waals surface area (Å²) >= 11 is 0. The Morgan fingerprint density at radius 1 is 1.53 bits per heavy atom. The molecular weight excluding hydrogens is 242 g/mol. The lowest BCUT2D eigenvalue weighted by Gasteiger charge is -2.22. The molecule has 1 atom stereocenters. The van der Waals surface area contributed by atoms with Gasteiger partial charge in [-0.3, -0.25) is 4.40 Å². The van der Waals surface area contributed by atoms with Crippen molar-refractivity contribution < 1.29 is 0 Å². The van der Waals surface area contributed by atoms with Crippen molar-refractivity contribution in [2.75, 3.05) is 26.7 Å². The van der Waals surface area contributed by atoms with Gasteiger partial charge in [0.25, 0.3) is 0 Å². The molecule has 1 aliphatic heterocycles. The summed E-state index contributed by atoms with van der Waals surface area (Å²) in [5.74, 6) is 0. The van der Waals surface area contributed by atoms with Gasteiger partial charge in [-0.05, 0) is 32.1 Å². The van der Waals surface area contributed by atoms with Gasteiger partial charge in [0.1, 0.15) is 0 Å². The van der Waals surface area contributed by atoms with Gasteiger partial charge in [-0.2, -0.15) is 0 Å². The molecule has 0 bridgehead atoms. The lowest BCUT2D eigenvalue weighted by atomic mass is 10.2. The van der Waals surface area contributed by atoms with Crippen LogP contribution < -0.4 is 11.0 Å². The van der Waals surface area contributed by atoms with Crippen LogP contribution in [0.15, 0.2) is 29.2 Å². The van der Waals surface area contributed by atoms with Gasteiger partial charge in [0.15, 0.2) is 5.65 Å². The molecule has 6 nitrogen and oxygen atoms in total. The highest BCUT2D eigenvalue weighted by molar-refractivity contribution is 5.35. The number of fused-ring (bicyclic) bond motifs is 1. The molecule has 2 aromatic rings. The minimum atomic E-state index is -0.0615. The fraction of sp³-hybridized carbons (Fsp3) is 0.538. The average Bonchev–Trinajstić information content (AvgIpc) is 3.05. The van der Waals surface area contributed by atoms with Crippen molar-refractivity contribution in [2.45, 2.75) is 19.0 Å². The molecule has 6 heteroatoms. The summed E-state index contributed by atoms with van der Waals surface area (Å²) < 4.78 is 3.13. The van der Waals surface area contributed by atoms with E-state index in [9.17, 15) is 4.79 Å². The second-order valence-corrected chi connectivity index (χ2v) is 5.06. The number of hydrogen-bond donors (Lipinski definition) is 1. The van der Waals surface area contributed by atoms with E-state index in [0.29, 0.717) is 18.2 Å². The highest BCUT2D eigenvalue weighted by Crippen LogP contribution is 2.05. The van der Waals surface area contributed by atoms with Crippen LogP contribution in [0.2, 0.25) is 0 Å². The molecule has 19 heavy (non-hydrogen) atoms. The molecule has 1 aliphatic rings. The van der Waals surface area contributed by atoms with Gasteiger partial charge in [0.05, 0.1) is 6.54 Å². The molecule has 3 rings (SSSR count). The normalized spacial score (nSPS) is 19.6. The summed E-state index contributed by atoms with van der Waals surface area (Å²) in [6.07, 6.45) is 2.93. The summed E-state index contributed by atoms with van der Waals surface area (Å²) in [5.41, 5.74) is 0.645. The summed E-state index contributed by atoms with van der Waals surface area (Å²) in [6.45, 7) is 3.60. The summed E-state index contributed by atoms with van der Waals surface area (Å²) in [7, 11) is 2.11. The van der Waals surface area contributed by atoms with Crippen molar-refractivity contribution in [3.05, 3.63) is 34.9 Å². The second kappa shape index (κ2) is 5.14. The van der Waals surface area contributed by atoms with E-state index in [1.165, 1.54) is 6.42 Å². The molecule has 2 aromatic heterocycles. The number of nitrogens with one attached hydrogen (secondary N) is 1. The minimum Gasteiger partial charge on any atom is -0.315 e. The third kappa shape index (κ3) is 2.41. The van der Waals surface area contributed by atoms with E-state index in [-0.39, 0.29) is 5.69 Å². The van der Waals surface area contributed by atoms with Crippen molar-refractivity contribution in [3.63, 3.8) is 0 Å². The average molecular weight is 261 g/mol. The first-order valence-electron chi connectivity index (χ1n) is 6.71. The van der Waals surface area contributed by atoms with Crippen LogP contribution in [0.5, 0.6) is 0 Å². The van der Waals surface area contributed by atoms with Crippen LogP contribution >= 0.6 is 0 Å². The van der Waals surface area contributed by atoms with Crippen LogP contribution in [0.25, 0.3) is 5.65 Å². The predicted octanol–water partition coefficient (Wildman–Crippen LogP) is -0.210. The van der Waals surface area contributed by atoms with Gasteiger partial charge in [-0.1, -0.05) is 6.07 Å². The maximum Gasteiger partial charge on any atom is 0.350 e. The number of likely N-dealkylation sites (N-methyl/N-ethyl adjacent to an activating group) is 1. The zero-order valence-corrected chi connectivity index (χ0v) is 11.1. The third-order valence-corrected chi connectivity index (χ3v) is 3.81. The number of pyridine rings is 1. The molecule has 102 valence electrons. The summed E-state index contributed by atoms with van der Waals surface area (Å²) in [5, 5.41) is 7.69. The molecule has 0 radical (unpaired) electrons. The van der Waals surface area contributed by atoms with E-state index in [1.807, 2.05) is 18.2 Å². The van der Waals surface area contributed by atoms with E-state index >= 15 is 0 Å². The van der Waals surface area contributed by atoms with Crippen molar-refractivity contribution in [1.29, 1.82) is 0 Å². The fourth-order valence-corrected chi connectivity index (χ4v) is 2.56. The molecule has 0 aromatic carbocycles. The maximum absolute atomic E-state index is 12.1. The van der Waals surface area contributed by atoms with E-state index < -0.39 is 0 Å². The Morgan fingerprint density at radius 2 is 2.42 bits per heavy atom. The van der Waals surface area contributed by atoms with Crippen molar-refractivity contribution in [2.24, 2.45) is 0 Å². The molecule has 1 unspecified atom stereocenters. The molecule has 0 amide bonds. The smallest absolute Gasteiger partial charge is 0.315 e. The van der Waals surface area contributed by atoms with Crippen molar-refractivity contribution in [1.82, 2.24) is 24.4 Å². The van der Waals surface area contributed by atoms with Crippen molar-refractivity contribution in [3.8, 4) is 0 Å². The Balaban J connectivity index is 1.71. The number of rotatable bonds is 4. The lowest BCUT2D eigenvalue weighted by molar-refractivity contribution is 0.242. The molecule has 0 spiro atoms. The summed E-state index contributed by atoms with van der Waals surface area (Å²) in [4.78, 5) is 14.4. The zero-order chi connectivity index (χ0) is 13.2. The van der Waals surface area contributed by atoms with Gasteiger partial charge < -0.3 is 10.2 Å². The summed E-state index contributed by atoms with van der Waals surface area (Å²) in [6, 6.07) is 6.16. The van der Waals surface area contributed by atoms with Crippen LogP contribution in [0.4, 0.5) is 0 Å². The van der Waals surface area contributed by atoms with Gasteiger partial charge in [-0.25, -0.2) is 9.48 Å². The second-order valence-electron chi connectivity index (χ2n) is 5.06. The largest absolute Gasteiger partial charge is 0.350 e. The van der Waals surface area contributed by atoms with E-state index in [2.05, 4.69) is 22.4 Å². The maximum atomic E-state index is 12.1. The first-order valence-corrected chi connectivity index (χ1v) is 6.71. The third-order valence-electron chi connectivity index (χ3n) is 3.81. The van der Waals surface area contributed by atoms with Crippen LogP contribution in [0.3, 0.4) is 0 Å². The Bertz CT molecular complexity index is 611. The van der Waals surface area contributed by atoms with Crippen LogP contribution in [-0.2, 0) is 6.54 Å². The van der Waals surface area contributed by atoms with Gasteiger partial charge in [0.2, 0.25) is 0 Å². The molecule has 1 N–H and O–H groups in total. The highest BCUT2D eigenvalue weighted by atomic mass is 16.2. The molecule has 1 saturated heterocycles. The SMILES string of the molecule is CN(CCn1nc2ccccn2c1=O)C1CCNC1. The monoisotopic (exact) mass is 261 g/mol. The Kier molecular flexibility index (Phi) is 3.35. The Labute approximate surface area is 111 Å². The van der Waals surface area contributed by atoms with Crippen molar-refractivity contribution >= 4 is 5.65 Å². The van der Waals surface area contributed by atoms with Gasteiger partial charge >= 0.3 is 5.69 Å². The van der Waals surface area contributed by atoms with Crippen LogP contribution in [-0.4, -0.2) is 51.8 Å². The molecule has 0 saturated carbocycles. The zero-order valence-electron chi connectivity index (χ0n) is 11.1. The van der Waals surface area contributed by atoms with Crippen LogP contribution in [0.1, 0.15) is 6.42 Å². The first kappa shape index (κ1) is 12.4. The first-order chi connectivity index (χ1) is 9.25. The minimum absolute atomic E-state index is 0.0615. The number of nitrogens with zero attached hydrogens (tertiary/aromatic N) is 4. The van der Waals surface area contributed by atoms with E-state index in [1.54, 1.807) is 15.3 Å². The van der Waals surface area contributed by atoms with Gasteiger partial charge in [0, 0.05) is 25.3 Å². The van der Waals surface area contributed by atoms with Gasteiger partial charge in [-0.15, -0.1) is 5.10 Å². The molecular formula is C13H19N5O. The molecule has 0 aliphatic carbocycles. The molecule has 1 fully saturated rings. The predicted molar refractivity (Wildman–Crippen MR) is 73.4 cm³/mol. The van der Waals surface area contributed by atoms with Crippen LogP contribution in [0, 0.1) is 0 Å². The molecule has 3 heterocycles. The standard InChI is InChI=1S/C13H19N5O/c1-16(11-5-6-14-10-11)8-9-18-13(19)17-7-3-2-4-12(17)15-18/h2-4,7,11,14H,5-6,8-10H2,1H3. The lowest BCUT2D eigenvalue weighted by Crippen LogP contribution is -2.37. The van der Waals surface area contributed by atoms with E-state index in [0.717, 1.165) is 19.6 Å². The highest BCUT2D eigenvalue weighted by Gasteiger charge is 2.19. The van der Waals surface area contributed by atoms with E-state index in [4.69, 9.17) is 0 Å². The topological polar surface area (TPSA) is 54.6 Å².